The molecular weight excluding hydrogens is 266 g/mol. The third-order valence-electron chi connectivity index (χ3n) is 3.01. The first-order chi connectivity index (χ1) is 10.1. The third-order valence-corrected chi connectivity index (χ3v) is 3.01. The van der Waals surface area contributed by atoms with Gasteiger partial charge in [-0.05, 0) is 36.8 Å². The summed E-state index contributed by atoms with van der Waals surface area (Å²) in [5.41, 5.74) is 8.02. The highest BCUT2D eigenvalue weighted by molar-refractivity contribution is 5.94. The zero-order chi connectivity index (χ0) is 15.2. The molecule has 0 amide bonds. The molecule has 2 N–H and O–H groups in total. The Morgan fingerprint density at radius 1 is 1.33 bits per heavy atom. The maximum absolute atomic E-state index is 12.0. The number of carbonyl (C=O) groups excluding carboxylic acids is 1. The Labute approximate surface area is 124 Å². The molecule has 0 atom stereocenters. The van der Waals surface area contributed by atoms with Crippen LogP contribution in [0, 0.1) is 0 Å². The molecule has 5 heteroatoms. The molecule has 2 aromatic rings. The van der Waals surface area contributed by atoms with Crippen molar-refractivity contribution in [3.8, 4) is 0 Å². The second kappa shape index (κ2) is 6.74. The molecule has 21 heavy (non-hydrogen) atoms. The van der Waals surface area contributed by atoms with Crippen molar-refractivity contribution in [1.82, 2.24) is 4.98 Å². The van der Waals surface area contributed by atoms with Gasteiger partial charge in [-0.1, -0.05) is 12.1 Å². The van der Waals surface area contributed by atoms with Gasteiger partial charge >= 0.3 is 5.97 Å². The average Bonchev–Trinajstić information content (AvgIpc) is 2.47. The number of benzene rings is 1. The summed E-state index contributed by atoms with van der Waals surface area (Å²) in [4.78, 5) is 18.2. The Morgan fingerprint density at radius 3 is 2.86 bits per heavy atom. The molecule has 0 saturated heterocycles. The third kappa shape index (κ3) is 3.72. The van der Waals surface area contributed by atoms with E-state index in [2.05, 4.69) is 4.98 Å². The monoisotopic (exact) mass is 285 g/mol. The summed E-state index contributed by atoms with van der Waals surface area (Å²) in [6.45, 7) is 2.73. The molecule has 110 valence electrons. The number of aromatic nitrogens is 1. The Balaban J connectivity index is 2.23. The van der Waals surface area contributed by atoms with E-state index in [1.807, 2.05) is 36.2 Å². The van der Waals surface area contributed by atoms with E-state index < -0.39 is 0 Å². The second-order valence-corrected chi connectivity index (χ2v) is 4.70. The highest BCUT2D eigenvalue weighted by atomic mass is 16.5. The fraction of sp³-hybridized carbons (Fsp3) is 0.250. The zero-order valence-corrected chi connectivity index (χ0v) is 12.2. The first-order valence-corrected chi connectivity index (χ1v) is 6.79. The van der Waals surface area contributed by atoms with Crippen LogP contribution in [-0.2, 0) is 11.3 Å². The number of rotatable bonds is 5. The normalized spacial score (nSPS) is 10.2. The Morgan fingerprint density at radius 2 is 2.14 bits per heavy atom. The van der Waals surface area contributed by atoms with Crippen LogP contribution in [0.1, 0.15) is 22.8 Å². The molecule has 5 nitrogen and oxygen atoms in total. The summed E-state index contributed by atoms with van der Waals surface area (Å²) in [7, 11) is 1.88. The van der Waals surface area contributed by atoms with Gasteiger partial charge in [0.2, 0.25) is 0 Å². The van der Waals surface area contributed by atoms with Gasteiger partial charge in [0.1, 0.15) is 11.4 Å². The first-order valence-electron chi connectivity index (χ1n) is 6.79. The van der Waals surface area contributed by atoms with Crippen molar-refractivity contribution in [2.75, 3.05) is 24.3 Å². The molecule has 0 aliphatic carbocycles. The van der Waals surface area contributed by atoms with Crippen LogP contribution in [0.2, 0.25) is 0 Å². The maximum Gasteiger partial charge on any atom is 0.341 e. The fourth-order valence-electron chi connectivity index (χ4n) is 2.11. The minimum atomic E-state index is -0.361. The summed E-state index contributed by atoms with van der Waals surface area (Å²) in [6, 6.07) is 11.1. The zero-order valence-electron chi connectivity index (χ0n) is 12.2. The topological polar surface area (TPSA) is 68.5 Å². The van der Waals surface area contributed by atoms with Gasteiger partial charge in [-0.2, -0.15) is 0 Å². The van der Waals surface area contributed by atoms with E-state index in [1.165, 1.54) is 0 Å². The quantitative estimate of drug-likeness (QED) is 0.675. The van der Waals surface area contributed by atoms with Crippen molar-refractivity contribution in [2.24, 2.45) is 0 Å². The molecule has 2 rings (SSSR count). The van der Waals surface area contributed by atoms with E-state index in [1.54, 1.807) is 25.3 Å². The van der Waals surface area contributed by atoms with E-state index in [4.69, 9.17) is 10.5 Å². The minimum Gasteiger partial charge on any atom is -0.462 e. The number of hydrogen-bond donors (Lipinski definition) is 1. The van der Waals surface area contributed by atoms with Crippen molar-refractivity contribution in [2.45, 2.75) is 13.5 Å². The molecule has 0 aliphatic rings. The van der Waals surface area contributed by atoms with Crippen molar-refractivity contribution in [3.05, 3.63) is 53.7 Å². The number of nitrogens with zero attached hydrogens (tertiary/aromatic N) is 2. The smallest absolute Gasteiger partial charge is 0.341 e. The van der Waals surface area contributed by atoms with Crippen LogP contribution in [0.4, 0.5) is 11.5 Å². The lowest BCUT2D eigenvalue weighted by molar-refractivity contribution is 0.0526. The largest absolute Gasteiger partial charge is 0.462 e. The molecule has 0 fully saturated rings. The first kappa shape index (κ1) is 14.8. The Bertz CT molecular complexity index is 628. The summed E-state index contributed by atoms with van der Waals surface area (Å²) in [5, 5.41) is 0. The van der Waals surface area contributed by atoms with E-state index in [-0.39, 0.29) is 5.97 Å². The van der Waals surface area contributed by atoms with E-state index in [0.29, 0.717) is 30.2 Å². The number of nitrogens with two attached hydrogens (primary N) is 1. The van der Waals surface area contributed by atoms with Gasteiger partial charge in [-0.15, -0.1) is 0 Å². The molecule has 0 aliphatic heterocycles. The van der Waals surface area contributed by atoms with E-state index in [9.17, 15) is 4.79 Å². The summed E-state index contributed by atoms with van der Waals surface area (Å²) >= 11 is 0. The van der Waals surface area contributed by atoms with Gasteiger partial charge < -0.3 is 15.4 Å². The Kier molecular flexibility index (Phi) is 4.77. The summed E-state index contributed by atoms with van der Waals surface area (Å²) in [6.07, 6.45) is 1.66. The second-order valence-electron chi connectivity index (χ2n) is 4.70. The van der Waals surface area contributed by atoms with Gasteiger partial charge in [0.05, 0.1) is 6.61 Å². The lowest BCUT2D eigenvalue weighted by Crippen LogP contribution is -2.21. The molecule has 0 radical (unpaired) electrons. The SMILES string of the molecule is CCOC(=O)c1cccnc1N(C)Cc1cccc(N)c1. The number of ether oxygens (including phenoxy) is 1. The van der Waals surface area contributed by atoms with Gasteiger partial charge in [-0.25, -0.2) is 9.78 Å². The minimum absolute atomic E-state index is 0.339. The van der Waals surface area contributed by atoms with E-state index in [0.717, 1.165) is 5.56 Å². The van der Waals surface area contributed by atoms with Crippen LogP contribution in [0.25, 0.3) is 0 Å². The lowest BCUT2D eigenvalue weighted by atomic mass is 10.2. The van der Waals surface area contributed by atoms with Crippen LogP contribution in [-0.4, -0.2) is 24.6 Å². The molecule has 0 spiro atoms. The molecule has 0 unspecified atom stereocenters. The predicted octanol–water partition coefficient (Wildman–Crippen LogP) is 2.48. The van der Waals surface area contributed by atoms with Crippen molar-refractivity contribution >= 4 is 17.5 Å². The lowest BCUT2D eigenvalue weighted by Gasteiger charge is -2.20. The fourth-order valence-corrected chi connectivity index (χ4v) is 2.11. The number of pyridine rings is 1. The van der Waals surface area contributed by atoms with Crippen LogP contribution in [0.15, 0.2) is 42.6 Å². The number of esters is 1. The number of hydrogen-bond acceptors (Lipinski definition) is 5. The van der Waals surface area contributed by atoms with Crippen LogP contribution in [0.5, 0.6) is 0 Å². The summed E-state index contributed by atoms with van der Waals surface area (Å²) in [5.74, 6) is 0.235. The standard InChI is InChI=1S/C16H19N3O2/c1-3-21-16(20)14-8-5-9-18-15(14)19(2)11-12-6-4-7-13(17)10-12/h4-10H,3,11,17H2,1-2H3. The van der Waals surface area contributed by atoms with Crippen LogP contribution < -0.4 is 10.6 Å². The van der Waals surface area contributed by atoms with Crippen molar-refractivity contribution in [1.29, 1.82) is 0 Å². The summed E-state index contributed by atoms with van der Waals surface area (Å²) < 4.78 is 5.06. The van der Waals surface area contributed by atoms with Crippen molar-refractivity contribution < 1.29 is 9.53 Å². The molecule has 1 aromatic carbocycles. The predicted molar refractivity (Wildman–Crippen MR) is 83.2 cm³/mol. The number of anilines is 2. The highest BCUT2D eigenvalue weighted by Crippen LogP contribution is 2.19. The molecule has 0 saturated carbocycles. The van der Waals surface area contributed by atoms with Gasteiger partial charge in [0.25, 0.3) is 0 Å². The van der Waals surface area contributed by atoms with Gasteiger partial charge in [0.15, 0.2) is 0 Å². The van der Waals surface area contributed by atoms with Gasteiger partial charge in [0, 0.05) is 25.5 Å². The maximum atomic E-state index is 12.0. The average molecular weight is 285 g/mol. The van der Waals surface area contributed by atoms with Crippen molar-refractivity contribution in [3.63, 3.8) is 0 Å². The molecule has 1 heterocycles. The number of nitrogen functional groups attached to an aromatic ring is 1. The molecule has 1 aromatic heterocycles. The Hall–Kier alpha value is -2.56. The number of carbonyl (C=O) groups is 1. The highest BCUT2D eigenvalue weighted by Gasteiger charge is 2.16. The van der Waals surface area contributed by atoms with E-state index >= 15 is 0 Å². The molecular formula is C16H19N3O2. The molecule has 0 bridgehead atoms. The van der Waals surface area contributed by atoms with Crippen LogP contribution in [0.3, 0.4) is 0 Å². The van der Waals surface area contributed by atoms with Crippen LogP contribution >= 0.6 is 0 Å². The van der Waals surface area contributed by atoms with Gasteiger partial charge in [-0.3, -0.25) is 0 Å².